The van der Waals surface area contributed by atoms with Crippen molar-refractivity contribution in [2.45, 2.75) is 63.9 Å². The van der Waals surface area contributed by atoms with Crippen LogP contribution in [0.4, 0.5) is 0 Å². The van der Waals surface area contributed by atoms with Gasteiger partial charge in [0.25, 0.3) is 0 Å². The molecule has 0 aliphatic heterocycles. The summed E-state index contributed by atoms with van der Waals surface area (Å²) >= 11 is 6.45. The molecule has 130 valence electrons. The topological polar surface area (TPSA) is 40.5 Å². The van der Waals surface area contributed by atoms with Gasteiger partial charge >= 0.3 is 0 Å². The average molecular weight is 347 g/mol. The van der Waals surface area contributed by atoms with Gasteiger partial charge in [0.1, 0.15) is 11.4 Å². The summed E-state index contributed by atoms with van der Waals surface area (Å²) in [6, 6.07) is 5.90. The van der Waals surface area contributed by atoms with E-state index in [1.807, 2.05) is 19.1 Å². The number of phenols is 1. The van der Waals surface area contributed by atoms with Crippen LogP contribution < -0.4 is 0 Å². The van der Waals surface area contributed by atoms with Crippen LogP contribution in [0.1, 0.15) is 63.0 Å². The lowest BCUT2D eigenvalue weighted by Crippen LogP contribution is -2.58. The Morgan fingerprint density at radius 2 is 2.08 bits per heavy atom. The summed E-state index contributed by atoms with van der Waals surface area (Å²) in [5.41, 5.74) is 1.73. The van der Waals surface area contributed by atoms with E-state index in [-0.39, 0.29) is 5.41 Å². The first-order valence-electron chi connectivity index (χ1n) is 9.31. The molecule has 2 nitrogen and oxygen atoms in total. The highest BCUT2D eigenvalue weighted by atomic mass is 35.5. The summed E-state index contributed by atoms with van der Waals surface area (Å²) in [6.45, 7) is 4.14. The number of aliphatic hydroxyl groups is 1. The van der Waals surface area contributed by atoms with Crippen LogP contribution in [0.3, 0.4) is 0 Å². The Morgan fingerprint density at radius 3 is 2.83 bits per heavy atom. The Balaban J connectivity index is 1.76. The van der Waals surface area contributed by atoms with Crippen molar-refractivity contribution >= 4 is 11.6 Å². The number of rotatable bonds is 1. The lowest BCUT2D eigenvalue weighted by molar-refractivity contribution is -0.128. The third-order valence-electron chi connectivity index (χ3n) is 7.53. The molecule has 5 atom stereocenters. The van der Waals surface area contributed by atoms with Crippen molar-refractivity contribution in [2.24, 2.45) is 17.3 Å². The van der Waals surface area contributed by atoms with Crippen LogP contribution in [0.2, 0.25) is 0 Å². The number of aromatic hydroxyl groups is 1. The molecule has 0 unspecified atom stereocenters. The average Bonchev–Trinajstić information content (AvgIpc) is 2.57. The predicted molar refractivity (Wildman–Crippen MR) is 97.3 cm³/mol. The second-order valence-electron chi connectivity index (χ2n) is 8.21. The lowest BCUT2D eigenvalue weighted by Gasteiger charge is -2.60. The number of allylic oxidation sites excluding steroid dienone is 1. The van der Waals surface area contributed by atoms with Gasteiger partial charge < -0.3 is 10.2 Å². The number of hydrogen-bond donors (Lipinski definition) is 2. The molecule has 0 heterocycles. The zero-order chi connectivity index (χ0) is 17.1. The molecule has 4 rings (SSSR count). The molecule has 0 saturated heterocycles. The van der Waals surface area contributed by atoms with Gasteiger partial charge in [-0.25, -0.2) is 0 Å². The molecule has 0 spiro atoms. The van der Waals surface area contributed by atoms with E-state index in [0.717, 1.165) is 38.5 Å². The van der Waals surface area contributed by atoms with Crippen molar-refractivity contribution in [2.75, 3.05) is 0 Å². The number of benzene rings is 1. The van der Waals surface area contributed by atoms with Crippen molar-refractivity contribution in [1.29, 1.82) is 0 Å². The van der Waals surface area contributed by atoms with E-state index in [2.05, 4.69) is 19.1 Å². The van der Waals surface area contributed by atoms with Crippen LogP contribution in [-0.2, 0) is 6.42 Å². The van der Waals surface area contributed by atoms with E-state index < -0.39 is 5.60 Å². The Hall–Kier alpha value is -0.990. The summed E-state index contributed by atoms with van der Waals surface area (Å²) in [6.07, 6.45) is 8.32. The Kier molecular flexibility index (Phi) is 3.78. The maximum Gasteiger partial charge on any atom is 0.115 e. The summed E-state index contributed by atoms with van der Waals surface area (Å²) in [7, 11) is 0. The number of hydrogen-bond acceptors (Lipinski definition) is 2. The van der Waals surface area contributed by atoms with Gasteiger partial charge in [-0.1, -0.05) is 30.7 Å². The first kappa shape index (κ1) is 16.5. The Labute approximate surface area is 149 Å². The molecule has 2 N–H and O–H groups in total. The van der Waals surface area contributed by atoms with Crippen LogP contribution in [0, 0.1) is 17.3 Å². The van der Waals surface area contributed by atoms with Gasteiger partial charge in [0, 0.05) is 10.4 Å². The van der Waals surface area contributed by atoms with E-state index in [1.54, 1.807) is 0 Å². The molecule has 1 saturated carbocycles. The largest absolute Gasteiger partial charge is 0.508 e. The van der Waals surface area contributed by atoms with E-state index in [0.29, 0.717) is 28.5 Å². The van der Waals surface area contributed by atoms with Crippen molar-refractivity contribution in [3.63, 3.8) is 0 Å². The summed E-state index contributed by atoms with van der Waals surface area (Å²) in [4.78, 5) is 0. The molecule has 0 aromatic heterocycles. The van der Waals surface area contributed by atoms with Gasteiger partial charge in [-0.2, -0.15) is 0 Å². The number of fused-ring (bicyclic) bond motifs is 5. The highest BCUT2D eigenvalue weighted by molar-refractivity contribution is 6.30. The van der Waals surface area contributed by atoms with Gasteiger partial charge in [0.05, 0.1) is 0 Å². The maximum atomic E-state index is 11.3. The van der Waals surface area contributed by atoms with Crippen LogP contribution in [0.15, 0.2) is 29.3 Å². The van der Waals surface area contributed by atoms with Crippen molar-refractivity contribution in [3.05, 3.63) is 40.4 Å². The first-order chi connectivity index (χ1) is 11.4. The molecule has 0 bridgehead atoms. The smallest absolute Gasteiger partial charge is 0.115 e. The molecule has 3 aliphatic rings. The summed E-state index contributed by atoms with van der Waals surface area (Å²) in [5, 5.41) is 21.7. The number of halogens is 1. The predicted octanol–water partition coefficient (Wildman–Crippen LogP) is 5.12. The molecule has 1 fully saturated rings. The first-order valence-corrected chi connectivity index (χ1v) is 9.69. The van der Waals surface area contributed by atoms with Crippen LogP contribution >= 0.6 is 11.6 Å². The fourth-order valence-electron chi connectivity index (χ4n) is 6.24. The number of phenolic OH excluding ortho intramolecular Hbond substituents is 1. The summed E-state index contributed by atoms with van der Waals surface area (Å²) < 4.78 is 0. The highest BCUT2D eigenvalue weighted by Gasteiger charge is 2.59. The van der Waals surface area contributed by atoms with E-state index >= 15 is 0 Å². The summed E-state index contributed by atoms with van der Waals surface area (Å²) in [5.74, 6) is 2.02. The zero-order valence-corrected chi connectivity index (χ0v) is 15.3. The molecule has 24 heavy (non-hydrogen) atoms. The van der Waals surface area contributed by atoms with Gasteiger partial charge in [0.15, 0.2) is 0 Å². The minimum absolute atomic E-state index is 0.103. The van der Waals surface area contributed by atoms with Gasteiger partial charge in [0.2, 0.25) is 0 Å². The standard InChI is InChI=1S/C21H27ClO2/c1-3-21-11-10-16-15-7-5-14(23)12-13(15)4-6-17(16)18(21)8-9-19(22)20(21,2)24/h5,7,9,12,16-18,23-24H,3-4,6,8,10-11H2,1-2H3/t16-,17-,18+,20+,21+/m1/s1. The van der Waals surface area contributed by atoms with Crippen molar-refractivity contribution in [3.8, 4) is 5.75 Å². The molecule has 3 aliphatic carbocycles. The molecule has 1 aromatic carbocycles. The maximum absolute atomic E-state index is 11.3. The van der Waals surface area contributed by atoms with Gasteiger partial charge in [-0.15, -0.1) is 0 Å². The van der Waals surface area contributed by atoms with Crippen molar-refractivity contribution < 1.29 is 10.2 Å². The van der Waals surface area contributed by atoms with Crippen LogP contribution in [0.25, 0.3) is 0 Å². The Morgan fingerprint density at radius 1 is 1.29 bits per heavy atom. The minimum Gasteiger partial charge on any atom is -0.508 e. The molecular weight excluding hydrogens is 320 g/mol. The van der Waals surface area contributed by atoms with Gasteiger partial charge in [-0.3, -0.25) is 0 Å². The van der Waals surface area contributed by atoms with Crippen LogP contribution in [0.5, 0.6) is 5.75 Å². The second kappa shape index (κ2) is 5.51. The zero-order valence-electron chi connectivity index (χ0n) is 14.6. The van der Waals surface area contributed by atoms with Crippen LogP contribution in [-0.4, -0.2) is 15.8 Å². The normalized spacial score (nSPS) is 41.0. The van der Waals surface area contributed by atoms with Crippen molar-refractivity contribution in [1.82, 2.24) is 0 Å². The molecular formula is C21H27ClO2. The minimum atomic E-state index is -0.910. The SMILES string of the molecule is CC[C@]12CC[C@@H]3c4ccc(O)cc4CC[C@H]3[C@@H]1CC=C(Cl)[C@]2(C)O. The fraction of sp³-hybridized carbons (Fsp3) is 0.619. The molecule has 0 radical (unpaired) electrons. The fourth-order valence-corrected chi connectivity index (χ4v) is 6.52. The van der Waals surface area contributed by atoms with E-state index in [1.165, 1.54) is 11.1 Å². The molecule has 3 heteroatoms. The second-order valence-corrected chi connectivity index (χ2v) is 8.61. The lowest BCUT2D eigenvalue weighted by atomic mass is 9.46. The molecule has 0 amide bonds. The number of aryl methyl sites for hydroxylation is 1. The quantitative estimate of drug-likeness (QED) is 0.740. The third kappa shape index (κ3) is 2.05. The third-order valence-corrected chi connectivity index (χ3v) is 8.06. The monoisotopic (exact) mass is 346 g/mol. The van der Waals surface area contributed by atoms with Gasteiger partial charge in [-0.05, 0) is 86.5 Å². The molecule has 1 aromatic rings. The Bertz CT molecular complexity index is 693. The van der Waals surface area contributed by atoms with E-state index in [9.17, 15) is 10.2 Å². The van der Waals surface area contributed by atoms with E-state index in [4.69, 9.17) is 11.6 Å². The highest BCUT2D eigenvalue weighted by Crippen LogP contribution is 2.64.